The Bertz CT molecular complexity index is 1040. The highest BCUT2D eigenvalue weighted by molar-refractivity contribution is 7.19. The quantitative estimate of drug-likeness (QED) is 0.482. The van der Waals surface area contributed by atoms with Crippen LogP contribution in [-0.4, -0.2) is 9.97 Å². The average Bonchev–Trinajstić information content (AvgIpc) is 3.28. The lowest BCUT2D eigenvalue weighted by Crippen LogP contribution is -2.18. The molecule has 0 saturated heterocycles. The van der Waals surface area contributed by atoms with E-state index in [0.717, 1.165) is 29.3 Å². The maximum absolute atomic E-state index is 4.75. The molecular weight excluding hydrogens is 338 g/mol. The van der Waals surface area contributed by atoms with Gasteiger partial charge in [-0.15, -0.1) is 11.3 Å². The van der Waals surface area contributed by atoms with Crippen LogP contribution in [-0.2, 0) is 19.4 Å². The smallest absolute Gasteiger partial charge is 0.145 e. The molecule has 0 unspecified atom stereocenters. The van der Waals surface area contributed by atoms with Gasteiger partial charge in [0.2, 0.25) is 0 Å². The summed E-state index contributed by atoms with van der Waals surface area (Å²) in [5, 5.41) is 1.25. The van der Waals surface area contributed by atoms with Crippen molar-refractivity contribution in [3.63, 3.8) is 0 Å². The van der Waals surface area contributed by atoms with Gasteiger partial charge >= 0.3 is 0 Å². The highest BCUT2D eigenvalue weighted by Crippen LogP contribution is 2.42. The minimum absolute atomic E-state index is 0.793. The lowest BCUT2D eigenvalue weighted by atomic mass is 10.1. The summed E-state index contributed by atoms with van der Waals surface area (Å²) in [5.41, 5.74) is 3.90. The van der Waals surface area contributed by atoms with E-state index in [0.29, 0.717) is 0 Å². The topological polar surface area (TPSA) is 29.0 Å². The molecule has 2 heterocycles. The van der Waals surface area contributed by atoms with Gasteiger partial charge in [-0.3, -0.25) is 0 Å². The van der Waals surface area contributed by atoms with Crippen molar-refractivity contribution < 1.29 is 0 Å². The van der Waals surface area contributed by atoms with Crippen LogP contribution in [0.25, 0.3) is 10.2 Å². The Kier molecular flexibility index (Phi) is 3.91. The fourth-order valence-corrected chi connectivity index (χ4v) is 5.00. The zero-order valence-corrected chi connectivity index (χ0v) is 15.2. The number of rotatable bonds is 4. The third-order valence-corrected chi connectivity index (χ3v) is 6.19. The number of fused-ring (bicyclic) bond motifs is 3. The predicted octanol–water partition coefficient (Wildman–Crippen LogP) is 5.52. The van der Waals surface area contributed by atoms with E-state index in [9.17, 15) is 0 Å². The molecule has 1 aliphatic rings. The summed E-state index contributed by atoms with van der Waals surface area (Å²) in [6.07, 6.45) is 5.28. The van der Waals surface area contributed by atoms with Crippen LogP contribution in [0, 0.1) is 0 Å². The standard InChI is InChI=1S/C22H19N3S/c1-3-8-16(9-4-1)14-25(17-10-5-2-6-11-17)21-20-18-12-7-13-19(18)26-22(20)24-15-23-21/h1-6,8-11,15H,7,12-14H2. The second-order valence-electron chi connectivity index (χ2n) is 6.64. The molecular formula is C22H19N3S. The molecule has 3 nitrogen and oxygen atoms in total. The Morgan fingerprint density at radius 1 is 0.885 bits per heavy atom. The van der Waals surface area contributed by atoms with Crippen molar-refractivity contribution in [1.29, 1.82) is 0 Å². The number of nitrogens with zero attached hydrogens (tertiary/aromatic N) is 3. The van der Waals surface area contributed by atoms with Gasteiger partial charge in [-0.2, -0.15) is 0 Å². The Hall–Kier alpha value is -2.72. The fraction of sp³-hybridized carbons (Fsp3) is 0.182. The summed E-state index contributed by atoms with van der Waals surface area (Å²) in [6, 6.07) is 21.1. The number of hydrogen-bond acceptors (Lipinski definition) is 4. The molecule has 0 bridgehead atoms. The first kappa shape index (κ1) is 15.5. The Labute approximate surface area is 157 Å². The lowest BCUT2D eigenvalue weighted by Gasteiger charge is -2.25. The minimum Gasteiger partial charge on any atom is -0.321 e. The first-order valence-electron chi connectivity index (χ1n) is 9.02. The third kappa shape index (κ3) is 2.67. The van der Waals surface area contributed by atoms with Gasteiger partial charge in [0.15, 0.2) is 0 Å². The van der Waals surface area contributed by atoms with Crippen LogP contribution < -0.4 is 4.90 Å². The molecule has 4 heteroatoms. The van der Waals surface area contributed by atoms with Crippen LogP contribution in [0.2, 0.25) is 0 Å². The number of benzene rings is 2. The normalized spacial score (nSPS) is 13.1. The number of anilines is 2. The highest BCUT2D eigenvalue weighted by atomic mass is 32.1. The summed E-state index contributed by atoms with van der Waals surface area (Å²) >= 11 is 1.84. The summed E-state index contributed by atoms with van der Waals surface area (Å²) < 4.78 is 0. The van der Waals surface area contributed by atoms with E-state index in [1.54, 1.807) is 6.33 Å². The Balaban J connectivity index is 1.69. The van der Waals surface area contributed by atoms with E-state index in [-0.39, 0.29) is 0 Å². The van der Waals surface area contributed by atoms with Crippen molar-refractivity contribution in [2.24, 2.45) is 0 Å². The summed E-state index contributed by atoms with van der Waals surface area (Å²) in [5.74, 6) is 1.03. The molecule has 4 aromatic rings. The van der Waals surface area contributed by atoms with E-state index in [4.69, 9.17) is 4.98 Å². The molecule has 0 atom stereocenters. The first-order valence-corrected chi connectivity index (χ1v) is 9.83. The predicted molar refractivity (Wildman–Crippen MR) is 108 cm³/mol. The molecule has 0 fully saturated rings. The molecule has 0 radical (unpaired) electrons. The third-order valence-electron chi connectivity index (χ3n) is 4.99. The van der Waals surface area contributed by atoms with Crippen LogP contribution in [0.5, 0.6) is 0 Å². The van der Waals surface area contributed by atoms with Gasteiger partial charge < -0.3 is 4.90 Å². The van der Waals surface area contributed by atoms with Crippen LogP contribution in [0.3, 0.4) is 0 Å². The van der Waals surface area contributed by atoms with Gasteiger partial charge in [0, 0.05) is 17.1 Å². The van der Waals surface area contributed by atoms with Crippen LogP contribution in [0.4, 0.5) is 11.5 Å². The average molecular weight is 357 g/mol. The molecule has 0 amide bonds. The molecule has 0 aliphatic heterocycles. The molecule has 1 aliphatic carbocycles. The number of hydrogen-bond donors (Lipinski definition) is 0. The van der Waals surface area contributed by atoms with Gasteiger partial charge in [-0.05, 0) is 42.5 Å². The monoisotopic (exact) mass is 357 g/mol. The number of para-hydroxylation sites is 1. The van der Waals surface area contributed by atoms with Crippen molar-refractivity contribution in [3.05, 3.63) is 83.0 Å². The number of aromatic nitrogens is 2. The van der Waals surface area contributed by atoms with Gasteiger partial charge in [-0.25, -0.2) is 9.97 Å². The second-order valence-corrected chi connectivity index (χ2v) is 7.73. The largest absolute Gasteiger partial charge is 0.321 e. The van der Waals surface area contributed by atoms with Gasteiger partial charge in [0.1, 0.15) is 17.0 Å². The van der Waals surface area contributed by atoms with Crippen LogP contribution in [0.1, 0.15) is 22.4 Å². The van der Waals surface area contributed by atoms with E-state index >= 15 is 0 Å². The van der Waals surface area contributed by atoms with Gasteiger partial charge in [0.25, 0.3) is 0 Å². The SMILES string of the molecule is c1ccc(CN(c2ccccc2)c2ncnc3sc4c(c23)CCC4)cc1. The minimum atomic E-state index is 0.793. The molecule has 2 aromatic heterocycles. The van der Waals surface area contributed by atoms with Crippen LogP contribution >= 0.6 is 11.3 Å². The number of aryl methyl sites for hydroxylation is 2. The van der Waals surface area contributed by atoms with E-state index < -0.39 is 0 Å². The zero-order valence-electron chi connectivity index (χ0n) is 14.4. The molecule has 0 N–H and O–H groups in total. The molecule has 0 saturated carbocycles. The summed E-state index contributed by atoms with van der Waals surface area (Å²) in [4.78, 5) is 14.3. The van der Waals surface area contributed by atoms with Crippen molar-refractivity contribution in [2.75, 3.05) is 4.90 Å². The summed E-state index contributed by atoms with van der Waals surface area (Å²) in [6.45, 7) is 0.793. The Morgan fingerprint density at radius 3 is 2.46 bits per heavy atom. The van der Waals surface area contributed by atoms with Gasteiger partial charge in [-0.1, -0.05) is 48.5 Å². The molecule has 2 aromatic carbocycles. The molecule has 0 spiro atoms. The highest BCUT2D eigenvalue weighted by Gasteiger charge is 2.24. The van der Waals surface area contributed by atoms with Crippen molar-refractivity contribution in [2.45, 2.75) is 25.8 Å². The van der Waals surface area contributed by atoms with E-state index in [1.807, 2.05) is 11.3 Å². The number of thiophene rings is 1. The first-order chi connectivity index (χ1) is 12.9. The molecule has 26 heavy (non-hydrogen) atoms. The fourth-order valence-electron chi connectivity index (χ4n) is 3.78. The van der Waals surface area contributed by atoms with E-state index in [2.05, 4.69) is 70.5 Å². The van der Waals surface area contributed by atoms with Crippen molar-refractivity contribution in [1.82, 2.24) is 9.97 Å². The molecule has 128 valence electrons. The van der Waals surface area contributed by atoms with Crippen molar-refractivity contribution in [3.8, 4) is 0 Å². The molecule has 5 rings (SSSR count). The second kappa shape index (κ2) is 6.54. The lowest BCUT2D eigenvalue weighted by molar-refractivity contribution is 0.914. The summed E-state index contributed by atoms with van der Waals surface area (Å²) in [7, 11) is 0. The van der Waals surface area contributed by atoms with Gasteiger partial charge in [0.05, 0.1) is 5.39 Å². The Morgan fingerprint density at radius 2 is 1.65 bits per heavy atom. The van der Waals surface area contributed by atoms with Crippen molar-refractivity contribution >= 4 is 33.1 Å². The zero-order chi connectivity index (χ0) is 17.3. The van der Waals surface area contributed by atoms with Crippen LogP contribution in [0.15, 0.2) is 67.0 Å². The van der Waals surface area contributed by atoms with E-state index in [1.165, 1.54) is 34.2 Å². The maximum Gasteiger partial charge on any atom is 0.145 e. The maximum atomic E-state index is 4.75.